The average Bonchev–Trinajstić information content (AvgIpc) is 2.71. The van der Waals surface area contributed by atoms with Gasteiger partial charge in [-0.2, -0.15) is 0 Å². The molecule has 30 heavy (non-hydrogen) atoms. The summed E-state index contributed by atoms with van der Waals surface area (Å²) in [6.45, 7) is 15.5. The Balaban J connectivity index is 2.08. The maximum Gasteiger partial charge on any atom is 0.0376 e. The number of hydrogen-bond donors (Lipinski definition) is 2. The number of benzene rings is 3. The van der Waals surface area contributed by atoms with Crippen molar-refractivity contribution in [1.29, 1.82) is 0 Å². The molecule has 3 aromatic carbocycles. The van der Waals surface area contributed by atoms with Crippen molar-refractivity contribution in [2.45, 2.75) is 65.7 Å². The Morgan fingerprint density at radius 3 is 1.77 bits per heavy atom. The lowest BCUT2D eigenvalue weighted by molar-refractivity contribution is 0.616. The fraction of sp³-hybridized carbons (Fsp3) is 0.357. The molecule has 0 amide bonds. The SMILES string of the molecule is CCc1cc(C(C)(C)c2cccc(C(C)(C)c3ccc(N)c(C)c3)c2)cc(C)c1N. The summed E-state index contributed by atoms with van der Waals surface area (Å²) in [5.74, 6) is 0. The minimum Gasteiger partial charge on any atom is -0.399 e. The molecule has 0 radical (unpaired) electrons. The van der Waals surface area contributed by atoms with Crippen molar-refractivity contribution < 1.29 is 0 Å². The Morgan fingerprint density at radius 2 is 1.20 bits per heavy atom. The number of hydrogen-bond acceptors (Lipinski definition) is 2. The third-order valence-electron chi connectivity index (χ3n) is 6.87. The van der Waals surface area contributed by atoms with Crippen LogP contribution in [0.1, 0.15) is 73.6 Å². The zero-order valence-corrected chi connectivity index (χ0v) is 19.6. The van der Waals surface area contributed by atoms with Gasteiger partial charge >= 0.3 is 0 Å². The molecule has 0 unspecified atom stereocenters. The van der Waals surface area contributed by atoms with Gasteiger partial charge in [-0.3, -0.25) is 0 Å². The molecule has 0 atom stereocenters. The van der Waals surface area contributed by atoms with E-state index in [2.05, 4.69) is 97.0 Å². The van der Waals surface area contributed by atoms with Crippen LogP contribution in [0.15, 0.2) is 54.6 Å². The molecule has 0 fully saturated rings. The molecule has 0 bridgehead atoms. The minimum atomic E-state index is -0.120. The number of nitrogens with two attached hydrogens (primary N) is 2. The highest BCUT2D eigenvalue weighted by Gasteiger charge is 2.28. The molecule has 0 aliphatic rings. The number of rotatable bonds is 5. The molecule has 0 spiro atoms. The van der Waals surface area contributed by atoms with Gasteiger partial charge in [0.2, 0.25) is 0 Å². The molecule has 0 heterocycles. The van der Waals surface area contributed by atoms with E-state index in [4.69, 9.17) is 11.5 Å². The Bertz CT molecular complexity index is 1070. The topological polar surface area (TPSA) is 52.0 Å². The van der Waals surface area contributed by atoms with Crippen LogP contribution in [0.5, 0.6) is 0 Å². The summed E-state index contributed by atoms with van der Waals surface area (Å²) in [6, 6.07) is 19.9. The van der Waals surface area contributed by atoms with Crippen molar-refractivity contribution >= 4 is 11.4 Å². The molecule has 4 N–H and O–H groups in total. The van der Waals surface area contributed by atoms with Gasteiger partial charge in [0.1, 0.15) is 0 Å². The van der Waals surface area contributed by atoms with Crippen LogP contribution >= 0.6 is 0 Å². The van der Waals surface area contributed by atoms with Crippen LogP contribution in [0.4, 0.5) is 11.4 Å². The van der Waals surface area contributed by atoms with E-state index in [-0.39, 0.29) is 10.8 Å². The lowest BCUT2D eigenvalue weighted by Crippen LogP contribution is -2.23. The summed E-state index contributed by atoms with van der Waals surface area (Å²) >= 11 is 0. The summed E-state index contributed by atoms with van der Waals surface area (Å²) in [7, 11) is 0. The number of aryl methyl sites for hydroxylation is 3. The van der Waals surface area contributed by atoms with Gasteiger partial charge in [0.05, 0.1) is 0 Å². The minimum absolute atomic E-state index is 0.115. The predicted octanol–water partition coefficient (Wildman–Crippen LogP) is 6.68. The second-order valence-electron chi connectivity index (χ2n) is 9.62. The molecular formula is C28H36N2. The van der Waals surface area contributed by atoms with E-state index in [1.54, 1.807) is 0 Å². The summed E-state index contributed by atoms with van der Waals surface area (Å²) in [4.78, 5) is 0. The molecule has 2 heteroatoms. The van der Waals surface area contributed by atoms with Crippen LogP contribution in [0, 0.1) is 13.8 Å². The van der Waals surface area contributed by atoms with E-state index in [0.717, 1.165) is 28.9 Å². The van der Waals surface area contributed by atoms with Crippen LogP contribution in [-0.2, 0) is 17.3 Å². The number of nitrogen functional groups attached to an aromatic ring is 2. The third kappa shape index (κ3) is 3.84. The van der Waals surface area contributed by atoms with Crippen molar-refractivity contribution in [3.63, 3.8) is 0 Å². The van der Waals surface area contributed by atoms with E-state index in [1.165, 1.54) is 27.8 Å². The molecule has 0 aliphatic carbocycles. The highest BCUT2D eigenvalue weighted by molar-refractivity contribution is 5.58. The van der Waals surface area contributed by atoms with Gasteiger partial charge < -0.3 is 11.5 Å². The van der Waals surface area contributed by atoms with Gasteiger partial charge in [-0.25, -0.2) is 0 Å². The Morgan fingerprint density at radius 1 is 0.667 bits per heavy atom. The van der Waals surface area contributed by atoms with E-state index in [9.17, 15) is 0 Å². The summed E-state index contributed by atoms with van der Waals surface area (Å²) in [6.07, 6.45) is 0.945. The van der Waals surface area contributed by atoms with Crippen LogP contribution in [0.3, 0.4) is 0 Å². The molecule has 3 rings (SSSR count). The first-order valence-corrected chi connectivity index (χ1v) is 10.9. The van der Waals surface area contributed by atoms with Gasteiger partial charge in [-0.15, -0.1) is 0 Å². The van der Waals surface area contributed by atoms with E-state index in [0.29, 0.717) is 0 Å². The maximum atomic E-state index is 6.30. The largest absolute Gasteiger partial charge is 0.399 e. The second-order valence-corrected chi connectivity index (χ2v) is 9.62. The average molecular weight is 401 g/mol. The van der Waals surface area contributed by atoms with E-state index >= 15 is 0 Å². The van der Waals surface area contributed by atoms with Gasteiger partial charge in [0.15, 0.2) is 0 Å². The highest BCUT2D eigenvalue weighted by Crippen LogP contribution is 2.38. The van der Waals surface area contributed by atoms with Crippen molar-refractivity contribution in [3.8, 4) is 0 Å². The normalized spacial score (nSPS) is 12.2. The van der Waals surface area contributed by atoms with Crippen LogP contribution in [-0.4, -0.2) is 0 Å². The van der Waals surface area contributed by atoms with Crippen molar-refractivity contribution in [1.82, 2.24) is 0 Å². The third-order valence-corrected chi connectivity index (χ3v) is 6.87. The number of anilines is 2. The van der Waals surface area contributed by atoms with Gasteiger partial charge in [-0.05, 0) is 65.3 Å². The standard InChI is InChI=1S/C28H36N2/c1-8-20-16-24(15-19(3)26(20)30)28(6,7)22-11-9-10-21(17-22)27(4,5)23-12-13-25(29)18(2)14-23/h9-17H,8,29-30H2,1-7H3. The molecule has 0 aliphatic heterocycles. The molecule has 158 valence electrons. The van der Waals surface area contributed by atoms with Crippen molar-refractivity contribution in [2.75, 3.05) is 11.5 Å². The van der Waals surface area contributed by atoms with Crippen molar-refractivity contribution in [2.24, 2.45) is 0 Å². The summed E-state index contributed by atoms with van der Waals surface area (Å²) in [5, 5.41) is 0. The fourth-order valence-corrected chi connectivity index (χ4v) is 4.22. The molecule has 2 nitrogen and oxygen atoms in total. The summed E-state index contributed by atoms with van der Waals surface area (Å²) < 4.78 is 0. The van der Waals surface area contributed by atoms with Crippen LogP contribution in [0.25, 0.3) is 0 Å². The van der Waals surface area contributed by atoms with Gasteiger partial charge in [0, 0.05) is 22.2 Å². The second kappa shape index (κ2) is 7.83. The Labute approximate surface area is 182 Å². The first kappa shape index (κ1) is 22.0. The quantitative estimate of drug-likeness (QED) is 0.469. The molecular weight excluding hydrogens is 364 g/mol. The zero-order chi connectivity index (χ0) is 22.3. The first-order valence-electron chi connectivity index (χ1n) is 10.9. The Hall–Kier alpha value is -2.74. The van der Waals surface area contributed by atoms with E-state index < -0.39 is 0 Å². The van der Waals surface area contributed by atoms with Gasteiger partial charge in [0.25, 0.3) is 0 Å². The monoisotopic (exact) mass is 400 g/mol. The first-order chi connectivity index (χ1) is 14.0. The molecule has 0 saturated carbocycles. The van der Waals surface area contributed by atoms with Crippen molar-refractivity contribution in [3.05, 3.63) is 93.5 Å². The highest BCUT2D eigenvalue weighted by atomic mass is 14.6. The molecule has 3 aromatic rings. The fourth-order valence-electron chi connectivity index (χ4n) is 4.22. The van der Waals surface area contributed by atoms with E-state index in [1.807, 2.05) is 6.07 Å². The summed E-state index contributed by atoms with van der Waals surface area (Å²) in [5.41, 5.74) is 22.6. The zero-order valence-electron chi connectivity index (χ0n) is 19.6. The molecule has 0 aromatic heterocycles. The van der Waals surface area contributed by atoms with Crippen LogP contribution in [0.2, 0.25) is 0 Å². The maximum absolute atomic E-state index is 6.30. The van der Waals surface area contributed by atoms with Crippen LogP contribution < -0.4 is 11.5 Å². The smallest absolute Gasteiger partial charge is 0.0376 e. The lowest BCUT2D eigenvalue weighted by atomic mass is 9.72. The lowest BCUT2D eigenvalue weighted by Gasteiger charge is -2.31. The van der Waals surface area contributed by atoms with Gasteiger partial charge in [-0.1, -0.05) is 83.1 Å². The molecule has 0 saturated heterocycles. The Kier molecular flexibility index (Phi) is 5.73. The predicted molar refractivity (Wildman–Crippen MR) is 131 cm³/mol.